The first kappa shape index (κ1) is 17.4. The Labute approximate surface area is 134 Å². The van der Waals surface area contributed by atoms with Gasteiger partial charge in [0, 0.05) is 0 Å². The van der Waals surface area contributed by atoms with Gasteiger partial charge in [0.1, 0.15) is 5.82 Å². The molecule has 0 unspecified atom stereocenters. The molecule has 0 fully saturated rings. The molecule has 0 atom stereocenters. The van der Waals surface area contributed by atoms with E-state index in [0.29, 0.717) is 5.56 Å². The van der Waals surface area contributed by atoms with E-state index in [4.69, 9.17) is 0 Å². The Bertz CT molecular complexity index is 924. The summed E-state index contributed by atoms with van der Waals surface area (Å²) < 4.78 is 65.5. The first-order valence-corrected chi connectivity index (χ1v) is 9.45. The van der Waals surface area contributed by atoms with Gasteiger partial charge in [0.25, 0.3) is 10.0 Å². The highest BCUT2D eigenvalue weighted by atomic mass is 32.2. The Hall–Kier alpha value is -1.97. The van der Waals surface area contributed by atoms with Gasteiger partial charge in [0.15, 0.2) is 0 Å². The highest BCUT2D eigenvalue weighted by Crippen LogP contribution is 2.21. The van der Waals surface area contributed by atoms with Gasteiger partial charge < -0.3 is 0 Å². The van der Waals surface area contributed by atoms with Gasteiger partial charge in [-0.1, -0.05) is 6.07 Å². The number of aryl methyl sites for hydroxylation is 1. The van der Waals surface area contributed by atoms with Gasteiger partial charge in [-0.25, -0.2) is 25.9 Å². The minimum Gasteiger partial charge on any atom is -0.279 e. The third-order valence-corrected chi connectivity index (χ3v) is 5.97. The second kappa shape index (κ2) is 6.26. The fraction of sp³-hybridized carbons (Fsp3) is 0.143. The summed E-state index contributed by atoms with van der Waals surface area (Å²) in [6.45, 7) is 1.64. The van der Waals surface area contributed by atoms with E-state index in [2.05, 4.69) is 9.44 Å². The van der Waals surface area contributed by atoms with Crippen LogP contribution in [0.15, 0.2) is 52.3 Å². The Morgan fingerprint density at radius 1 is 0.870 bits per heavy atom. The normalized spacial score (nSPS) is 12.1. The molecule has 0 saturated carbocycles. The molecule has 2 aromatic carbocycles. The van der Waals surface area contributed by atoms with Crippen LogP contribution in [0, 0.1) is 12.7 Å². The van der Waals surface area contributed by atoms with Gasteiger partial charge in [-0.05, 0) is 55.9 Å². The van der Waals surface area contributed by atoms with Crippen LogP contribution < -0.4 is 9.44 Å². The minimum absolute atomic E-state index is 0.0547. The molecule has 124 valence electrons. The van der Waals surface area contributed by atoms with Crippen molar-refractivity contribution in [1.82, 2.24) is 4.72 Å². The van der Waals surface area contributed by atoms with E-state index < -0.39 is 25.9 Å². The molecule has 2 N–H and O–H groups in total. The summed E-state index contributed by atoms with van der Waals surface area (Å²) in [5.41, 5.74) is 0.682. The average Bonchev–Trinajstić information content (AvgIpc) is 2.51. The summed E-state index contributed by atoms with van der Waals surface area (Å²) in [6, 6.07) is 8.45. The van der Waals surface area contributed by atoms with Crippen molar-refractivity contribution in [3.8, 4) is 0 Å². The number of hydrogen-bond donors (Lipinski definition) is 2. The Morgan fingerprint density at radius 2 is 1.39 bits per heavy atom. The highest BCUT2D eigenvalue weighted by Gasteiger charge is 2.18. The fourth-order valence-electron chi connectivity index (χ4n) is 1.82. The van der Waals surface area contributed by atoms with Crippen LogP contribution in [0.1, 0.15) is 5.56 Å². The lowest BCUT2D eigenvalue weighted by Gasteiger charge is -2.11. The van der Waals surface area contributed by atoms with E-state index in [1.54, 1.807) is 6.92 Å². The molecule has 0 aliphatic carbocycles. The number of rotatable bonds is 5. The summed E-state index contributed by atoms with van der Waals surface area (Å²) >= 11 is 0. The molecular weight excluding hydrogens is 343 g/mol. The molecule has 2 rings (SSSR count). The first-order valence-electron chi connectivity index (χ1n) is 6.48. The molecule has 0 aliphatic rings. The molecular formula is C14H15FN2O4S2. The standard InChI is InChI=1S/C14H15FN2O4S2/c1-10-3-4-11(15)9-14(10)17-23(20,21)13-7-5-12(6-8-13)22(18,19)16-2/h3-9,16-17H,1-2H3. The van der Waals surface area contributed by atoms with Gasteiger partial charge in [-0.15, -0.1) is 0 Å². The molecule has 23 heavy (non-hydrogen) atoms. The van der Waals surface area contributed by atoms with Gasteiger partial charge in [0.2, 0.25) is 10.0 Å². The molecule has 2 aromatic rings. The van der Waals surface area contributed by atoms with Gasteiger partial charge in [0.05, 0.1) is 15.5 Å². The summed E-state index contributed by atoms with van der Waals surface area (Å²) in [5.74, 6) is -0.566. The molecule has 0 heterocycles. The zero-order chi connectivity index (χ0) is 17.3. The van der Waals surface area contributed by atoms with E-state index in [9.17, 15) is 21.2 Å². The quantitative estimate of drug-likeness (QED) is 0.853. The van der Waals surface area contributed by atoms with E-state index in [0.717, 1.165) is 6.07 Å². The van der Waals surface area contributed by atoms with Crippen molar-refractivity contribution in [2.45, 2.75) is 16.7 Å². The number of nitrogens with one attached hydrogen (secondary N) is 2. The molecule has 0 amide bonds. The predicted molar refractivity (Wildman–Crippen MR) is 84.6 cm³/mol. The third kappa shape index (κ3) is 3.87. The second-order valence-corrected chi connectivity index (χ2v) is 8.31. The van der Waals surface area contributed by atoms with Crippen molar-refractivity contribution in [1.29, 1.82) is 0 Å². The van der Waals surface area contributed by atoms with Gasteiger partial charge >= 0.3 is 0 Å². The molecule has 0 radical (unpaired) electrons. The SMILES string of the molecule is CNS(=O)(=O)c1ccc(S(=O)(=O)Nc2cc(F)ccc2C)cc1. The average molecular weight is 358 g/mol. The van der Waals surface area contributed by atoms with Crippen LogP contribution in [0.3, 0.4) is 0 Å². The maximum Gasteiger partial charge on any atom is 0.261 e. The zero-order valence-electron chi connectivity index (χ0n) is 12.4. The molecule has 0 spiro atoms. The summed E-state index contributed by atoms with van der Waals surface area (Å²) in [7, 11) is -6.34. The lowest BCUT2D eigenvalue weighted by Crippen LogP contribution is -2.19. The Morgan fingerprint density at radius 3 is 1.91 bits per heavy atom. The lowest BCUT2D eigenvalue weighted by molar-refractivity contribution is 0.587. The smallest absolute Gasteiger partial charge is 0.261 e. The van der Waals surface area contributed by atoms with E-state index in [-0.39, 0.29) is 15.5 Å². The Balaban J connectivity index is 2.35. The molecule has 0 saturated heterocycles. The van der Waals surface area contributed by atoms with Crippen molar-refractivity contribution in [2.24, 2.45) is 0 Å². The maximum absolute atomic E-state index is 13.2. The fourth-order valence-corrected chi connectivity index (χ4v) is 3.68. The van der Waals surface area contributed by atoms with Crippen molar-refractivity contribution >= 4 is 25.7 Å². The molecule has 9 heteroatoms. The molecule has 6 nitrogen and oxygen atoms in total. The topological polar surface area (TPSA) is 92.3 Å². The van der Waals surface area contributed by atoms with Gasteiger partial charge in [-0.2, -0.15) is 0 Å². The monoisotopic (exact) mass is 358 g/mol. The van der Waals surface area contributed by atoms with Crippen LogP contribution in [0.4, 0.5) is 10.1 Å². The van der Waals surface area contributed by atoms with Crippen molar-refractivity contribution in [2.75, 3.05) is 11.8 Å². The molecule has 0 bridgehead atoms. The largest absolute Gasteiger partial charge is 0.279 e. The summed E-state index contributed by atoms with van der Waals surface area (Å²) in [5, 5.41) is 0. The van der Waals surface area contributed by atoms with Crippen molar-refractivity contribution < 1.29 is 21.2 Å². The van der Waals surface area contributed by atoms with Crippen molar-refractivity contribution in [3.63, 3.8) is 0 Å². The third-order valence-electron chi connectivity index (χ3n) is 3.16. The van der Waals surface area contributed by atoms with Crippen LogP contribution in [-0.2, 0) is 20.0 Å². The van der Waals surface area contributed by atoms with Crippen LogP contribution in [-0.4, -0.2) is 23.9 Å². The number of sulfonamides is 2. The van der Waals surface area contributed by atoms with Crippen LogP contribution in [0.5, 0.6) is 0 Å². The number of benzene rings is 2. The van der Waals surface area contributed by atoms with Crippen LogP contribution in [0.2, 0.25) is 0 Å². The Kier molecular flexibility index (Phi) is 4.73. The predicted octanol–water partition coefficient (Wildman–Crippen LogP) is 1.84. The number of anilines is 1. The molecule has 0 aromatic heterocycles. The lowest BCUT2D eigenvalue weighted by atomic mass is 10.2. The van der Waals surface area contributed by atoms with E-state index in [1.165, 1.54) is 43.4 Å². The maximum atomic E-state index is 13.2. The van der Waals surface area contributed by atoms with Crippen LogP contribution in [0.25, 0.3) is 0 Å². The zero-order valence-corrected chi connectivity index (χ0v) is 14.0. The highest BCUT2D eigenvalue weighted by molar-refractivity contribution is 7.92. The molecule has 0 aliphatic heterocycles. The van der Waals surface area contributed by atoms with Gasteiger partial charge in [-0.3, -0.25) is 4.72 Å². The first-order chi connectivity index (χ1) is 10.7. The minimum atomic E-state index is -3.95. The summed E-state index contributed by atoms with van der Waals surface area (Å²) in [4.78, 5) is -0.183. The van der Waals surface area contributed by atoms with Crippen molar-refractivity contribution in [3.05, 3.63) is 53.8 Å². The van der Waals surface area contributed by atoms with Crippen LogP contribution >= 0.6 is 0 Å². The second-order valence-electron chi connectivity index (χ2n) is 4.74. The number of halogens is 1. The summed E-state index contributed by atoms with van der Waals surface area (Å²) in [6.07, 6.45) is 0. The van der Waals surface area contributed by atoms with E-state index in [1.807, 2.05) is 0 Å². The van der Waals surface area contributed by atoms with E-state index >= 15 is 0 Å². The number of hydrogen-bond acceptors (Lipinski definition) is 4.